The van der Waals surface area contributed by atoms with Crippen LogP contribution in [0.3, 0.4) is 0 Å². The van der Waals surface area contributed by atoms with Gasteiger partial charge >= 0.3 is 0 Å². The second kappa shape index (κ2) is 6.08. The maximum atomic E-state index is 14.2. The third-order valence-electron chi connectivity index (χ3n) is 3.82. The van der Waals surface area contributed by atoms with Gasteiger partial charge in [0.2, 0.25) is 0 Å². The molecule has 115 valence electrons. The Morgan fingerprint density at radius 3 is 2.62 bits per heavy atom. The highest BCUT2D eigenvalue weighted by Crippen LogP contribution is 2.32. The molecule has 3 aromatic carbocycles. The molecule has 0 aliphatic rings. The lowest BCUT2D eigenvalue weighted by atomic mass is 10.0. The number of halogens is 1. The number of anilines is 2. The van der Waals surface area contributed by atoms with Crippen molar-refractivity contribution in [1.82, 2.24) is 9.97 Å². The van der Waals surface area contributed by atoms with Gasteiger partial charge in [-0.2, -0.15) is 0 Å². The summed E-state index contributed by atoms with van der Waals surface area (Å²) in [4.78, 5) is 8.59. The average Bonchev–Trinajstić information content (AvgIpc) is 2.63. The zero-order chi connectivity index (χ0) is 16.4. The van der Waals surface area contributed by atoms with Crippen LogP contribution in [0, 0.1) is 11.9 Å². The number of hydrogen-bond acceptors (Lipinski definition) is 3. The van der Waals surface area contributed by atoms with Crippen molar-refractivity contribution in [2.45, 2.75) is 0 Å². The van der Waals surface area contributed by atoms with Crippen molar-refractivity contribution < 1.29 is 4.39 Å². The fourth-order valence-electron chi connectivity index (χ4n) is 2.67. The minimum absolute atomic E-state index is 0.271. The molecule has 0 fully saturated rings. The number of benzene rings is 3. The number of para-hydroxylation sites is 1. The largest absolute Gasteiger partial charge is 0.339 e. The first-order valence-electron chi connectivity index (χ1n) is 7.55. The first-order valence-corrected chi connectivity index (χ1v) is 7.55. The van der Waals surface area contributed by atoms with Crippen molar-refractivity contribution in [2.75, 3.05) is 5.32 Å². The molecule has 1 N–H and O–H groups in total. The first-order chi connectivity index (χ1) is 11.8. The molecule has 1 radical (unpaired) electrons. The summed E-state index contributed by atoms with van der Waals surface area (Å²) in [5, 5.41) is 4.21. The number of rotatable bonds is 3. The molecule has 0 amide bonds. The minimum atomic E-state index is -0.271. The van der Waals surface area contributed by atoms with Crippen LogP contribution in [0.5, 0.6) is 0 Å². The molecule has 24 heavy (non-hydrogen) atoms. The molecule has 0 saturated heterocycles. The van der Waals surface area contributed by atoms with Gasteiger partial charge in [0.15, 0.2) is 0 Å². The molecule has 0 saturated carbocycles. The number of hydrogen-bond donors (Lipinski definition) is 1. The van der Waals surface area contributed by atoms with E-state index >= 15 is 0 Å². The molecule has 0 unspecified atom stereocenters. The van der Waals surface area contributed by atoms with Gasteiger partial charge in [-0.15, -0.1) is 0 Å². The van der Waals surface area contributed by atoms with Crippen LogP contribution in [0.25, 0.3) is 22.0 Å². The Morgan fingerprint density at radius 1 is 0.875 bits per heavy atom. The van der Waals surface area contributed by atoms with Crippen LogP contribution >= 0.6 is 0 Å². The second-order valence-corrected chi connectivity index (χ2v) is 5.32. The molecule has 4 heteroatoms. The Morgan fingerprint density at radius 2 is 1.71 bits per heavy atom. The van der Waals surface area contributed by atoms with Crippen molar-refractivity contribution in [2.24, 2.45) is 0 Å². The van der Waals surface area contributed by atoms with Gasteiger partial charge in [-0.05, 0) is 36.4 Å². The third-order valence-corrected chi connectivity index (χ3v) is 3.82. The lowest BCUT2D eigenvalue weighted by Gasteiger charge is -2.13. The smallest absolute Gasteiger partial charge is 0.141 e. The van der Waals surface area contributed by atoms with Crippen LogP contribution in [-0.4, -0.2) is 9.97 Å². The summed E-state index contributed by atoms with van der Waals surface area (Å²) in [7, 11) is 0. The Balaban J connectivity index is 1.82. The predicted molar refractivity (Wildman–Crippen MR) is 93.5 cm³/mol. The Hall–Kier alpha value is -3.27. The van der Waals surface area contributed by atoms with E-state index in [1.54, 1.807) is 24.3 Å². The van der Waals surface area contributed by atoms with E-state index in [9.17, 15) is 4.39 Å². The van der Waals surface area contributed by atoms with Gasteiger partial charge in [0, 0.05) is 22.2 Å². The number of fused-ring (bicyclic) bond motifs is 1. The van der Waals surface area contributed by atoms with Crippen LogP contribution in [-0.2, 0) is 0 Å². The topological polar surface area (TPSA) is 37.8 Å². The summed E-state index contributed by atoms with van der Waals surface area (Å²) in [6.45, 7) is 0. The standard InChI is InChI=1S/C20H13FN3/c21-17-10-4-1-7-14(17)15-8-2-6-12-19(15)24-20-16-9-3-5-11-18(16)22-13-23-20/h1,3-13H,(H,22,23,24). The minimum Gasteiger partial charge on any atom is -0.339 e. The van der Waals surface area contributed by atoms with Gasteiger partial charge in [0.25, 0.3) is 0 Å². The second-order valence-electron chi connectivity index (χ2n) is 5.32. The van der Waals surface area contributed by atoms with Gasteiger partial charge in [-0.3, -0.25) is 0 Å². The molecule has 4 rings (SSSR count). The van der Waals surface area contributed by atoms with Crippen molar-refractivity contribution >= 4 is 22.4 Å². The maximum absolute atomic E-state index is 14.2. The lowest BCUT2D eigenvalue weighted by Crippen LogP contribution is -1.98. The van der Waals surface area contributed by atoms with E-state index in [0.29, 0.717) is 11.4 Å². The highest BCUT2D eigenvalue weighted by atomic mass is 19.1. The van der Waals surface area contributed by atoms with Crippen LogP contribution in [0.1, 0.15) is 0 Å². The lowest BCUT2D eigenvalue weighted by molar-refractivity contribution is 0.631. The van der Waals surface area contributed by atoms with Gasteiger partial charge < -0.3 is 5.32 Å². The SMILES string of the molecule is Fc1ccccc1-c1c[c]ccc1Nc1ncnc2ccccc12. The van der Waals surface area contributed by atoms with E-state index in [0.717, 1.165) is 22.2 Å². The summed E-state index contributed by atoms with van der Waals surface area (Å²) in [6.07, 6.45) is 1.52. The van der Waals surface area contributed by atoms with Gasteiger partial charge in [-0.25, -0.2) is 14.4 Å². The molecule has 4 aromatic rings. The van der Waals surface area contributed by atoms with Gasteiger partial charge in [0.05, 0.1) is 5.52 Å². The summed E-state index contributed by atoms with van der Waals surface area (Å²) >= 11 is 0. The Bertz CT molecular complexity index is 1010. The quantitative estimate of drug-likeness (QED) is 0.579. The van der Waals surface area contributed by atoms with Crippen LogP contribution in [0.15, 0.2) is 73.1 Å². The van der Waals surface area contributed by atoms with E-state index in [2.05, 4.69) is 21.4 Å². The van der Waals surface area contributed by atoms with Crippen LogP contribution in [0.4, 0.5) is 15.9 Å². The third kappa shape index (κ3) is 2.58. The molecule has 1 aromatic heterocycles. The predicted octanol–water partition coefficient (Wildman–Crippen LogP) is 4.98. The summed E-state index contributed by atoms with van der Waals surface area (Å²) in [6, 6.07) is 22.9. The summed E-state index contributed by atoms with van der Waals surface area (Å²) in [5.74, 6) is 0.414. The van der Waals surface area contributed by atoms with E-state index < -0.39 is 0 Å². The molecule has 0 atom stereocenters. The highest BCUT2D eigenvalue weighted by molar-refractivity contribution is 5.92. The van der Waals surface area contributed by atoms with Crippen LogP contribution in [0.2, 0.25) is 0 Å². The Labute approximate surface area is 138 Å². The summed E-state index contributed by atoms with van der Waals surface area (Å²) < 4.78 is 14.2. The van der Waals surface area contributed by atoms with Crippen molar-refractivity contribution in [3.63, 3.8) is 0 Å². The maximum Gasteiger partial charge on any atom is 0.141 e. The fraction of sp³-hybridized carbons (Fsp3) is 0. The van der Waals surface area contributed by atoms with Gasteiger partial charge in [-0.1, -0.05) is 36.4 Å². The average molecular weight is 314 g/mol. The van der Waals surface area contributed by atoms with E-state index in [-0.39, 0.29) is 5.82 Å². The molecular formula is C20H13FN3. The van der Waals surface area contributed by atoms with Crippen molar-refractivity contribution in [1.29, 1.82) is 0 Å². The Kier molecular flexibility index (Phi) is 3.63. The van der Waals surface area contributed by atoms with E-state index in [1.807, 2.05) is 36.4 Å². The van der Waals surface area contributed by atoms with Crippen molar-refractivity contribution in [3.05, 3.63) is 84.9 Å². The number of nitrogens with one attached hydrogen (secondary N) is 1. The molecule has 3 nitrogen and oxygen atoms in total. The van der Waals surface area contributed by atoms with E-state index in [4.69, 9.17) is 0 Å². The van der Waals surface area contributed by atoms with E-state index in [1.165, 1.54) is 12.4 Å². The summed E-state index contributed by atoms with van der Waals surface area (Å²) in [5.41, 5.74) is 2.88. The van der Waals surface area contributed by atoms with Gasteiger partial charge in [0.1, 0.15) is 18.0 Å². The number of aromatic nitrogens is 2. The molecule has 0 aliphatic carbocycles. The molecule has 1 heterocycles. The molecule has 0 spiro atoms. The normalized spacial score (nSPS) is 10.7. The molecular weight excluding hydrogens is 301 g/mol. The highest BCUT2D eigenvalue weighted by Gasteiger charge is 2.11. The zero-order valence-corrected chi connectivity index (χ0v) is 12.7. The zero-order valence-electron chi connectivity index (χ0n) is 12.7. The van der Waals surface area contributed by atoms with Crippen molar-refractivity contribution in [3.8, 4) is 11.1 Å². The number of nitrogens with zero attached hydrogens (tertiary/aromatic N) is 2. The molecule has 0 aliphatic heterocycles. The monoisotopic (exact) mass is 314 g/mol. The molecule has 0 bridgehead atoms. The van der Waals surface area contributed by atoms with Crippen LogP contribution < -0.4 is 5.32 Å². The fourth-order valence-corrected chi connectivity index (χ4v) is 2.67. The first kappa shape index (κ1) is 14.3.